The molecule has 0 aromatic heterocycles. The highest BCUT2D eigenvalue weighted by Crippen LogP contribution is 2.41. The molecule has 0 aromatic rings. The molecule has 3 saturated heterocycles. The van der Waals surface area contributed by atoms with Crippen LogP contribution in [0.3, 0.4) is 0 Å². The second-order valence-electron chi connectivity index (χ2n) is 5.98. The van der Waals surface area contributed by atoms with Crippen molar-refractivity contribution in [1.82, 2.24) is 5.32 Å². The maximum atomic E-state index is 12.6. The summed E-state index contributed by atoms with van der Waals surface area (Å²) in [5.74, 6) is 2.81. The van der Waals surface area contributed by atoms with Gasteiger partial charge in [-0.1, -0.05) is 0 Å². The molecule has 4 atom stereocenters. The van der Waals surface area contributed by atoms with Gasteiger partial charge in [0, 0.05) is 31.9 Å². The molecule has 3 rings (SSSR count). The Morgan fingerprint density at radius 3 is 3.11 bits per heavy atom. The lowest BCUT2D eigenvalue weighted by molar-refractivity contribution is -0.135. The summed E-state index contributed by atoms with van der Waals surface area (Å²) in [6, 6.07) is -0.000781. The maximum absolute atomic E-state index is 12.6. The van der Waals surface area contributed by atoms with Crippen LogP contribution < -0.4 is 5.32 Å². The van der Waals surface area contributed by atoms with Crippen LogP contribution in [0.4, 0.5) is 0 Å². The molecule has 108 valence electrons. The van der Waals surface area contributed by atoms with Crippen molar-refractivity contribution in [2.24, 2.45) is 5.92 Å². The normalized spacial score (nSPS) is 42.9. The quantitative estimate of drug-likeness (QED) is 0.845. The topological polar surface area (TPSA) is 47.6 Å². The van der Waals surface area contributed by atoms with E-state index >= 15 is 0 Å². The molecular weight excluding hydrogens is 262 g/mol. The lowest BCUT2D eigenvalue weighted by atomic mass is 9.81. The molecule has 5 heteroatoms. The number of nitrogens with one attached hydrogen (secondary N) is 1. The van der Waals surface area contributed by atoms with E-state index in [-0.39, 0.29) is 23.7 Å². The third kappa shape index (κ3) is 2.84. The molecule has 3 aliphatic rings. The third-order valence-corrected chi connectivity index (χ3v) is 5.95. The minimum atomic E-state index is -0.000781. The summed E-state index contributed by atoms with van der Waals surface area (Å²) >= 11 is 1.96. The number of ether oxygens (including phenoxy) is 2. The van der Waals surface area contributed by atoms with Crippen LogP contribution in [0, 0.1) is 5.92 Å². The molecule has 0 aromatic carbocycles. The van der Waals surface area contributed by atoms with Crippen LogP contribution >= 0.6 is 11.8 Å². The number of methoxy groups -OCH3 is 1. The summed E-state index contributed by atoms with van der Waals surface area (Å²) in [6.07, 6.45) is 3.95. The van der Waals surface area contributed by atoms with Gasteiger partial charge < -0.3 is 14.8 Å². The number of hydrogen-bond acceptors (Lipinski definition) is 5. The van der Waals surface area contributed by atoms with E-state index in [1.807, 2.05) is 11.8 Å². The van der Waals surface area contributed by atoms with Crippen molar-refractivity contribution in [1.29, 1.82) is 0 Å². The number of rotatable bonds is 3. The lowest BCUT2D eigenvalue weighted by Crippen LogP contribution is -2.45. The van der Waals surface area contributed by atoms with Crippen LogP contribution in [0.5, 0.6) is 0 Å². The van der Waals surface area contributed by atoms with Gasteiger partial charge >= 0.3 is 0 Å². The van der Waals surface area contributed by atoms with Crippen LogP contribution in [-0.4, -0.2) is 55.3 Å². The van der Waals surface area contributed by atoms with E-state index < -0.39 is 0 Å². The maximum Gasteiger partial charge on any atom is 0.153 e. The Balaban J connectivity index is 1.60. The summed E-state index contributed by atoms with van der Waals surface area (Å²) in [4.78, 5) is 12.6. The molecular formula is C14H23NO3S. The van der Waals surface area contributed by atoms with Gasteiger partial charge in [-0.05, 0) is 31.4 Å². The van der Waals surface area contributed by atoms with Crippen molar-refractivity contribution in [2.45, 2.75) is 43.4 Å². The van der Waals surface area contributed by atoms with Gasteiger partial charge in [0.2, 0.25) is 0 Å². The molecule has 0 aliphatic carbocycles. The van der Waals surface area contributed by atoms with Crippen LogP contribution in [0.2, 0.25) is 0 Å². The third-order valence-electron chi connectivity index (χ3n) is 4.73. The van der Waals surface area contributed by atoms with Crippen molar-refractivity contribution in [3.05, 3.63) is 0 Å². The van der Waals surface area contributed by atoms with Gasteiger partial charge in [0.25, 0.3) is 0 Å². The first-order valence-electron chi connectivity index (χ1n) is 7.24. The van der Waals surface area contributed by atoms with E-state index in [1.165, 1.54) is 5.75 Å². The average molecular weight is 285 g/mol. The highest BCUT2D eigenvalue weighted by molar-refractivity contribution is 7.99. The Morgan fingerprint density at radius 2 is 2.42 bits per heavy atom. The van der Waals surface area contributed by atoms with Gasteiger partial charge in [0.15, 0.2) is 5.78 Å². The van der Waals surface area contributed by atoms with Crippen molar-refractivity contribution in [2.75, 3.05) is 31.8 Å². The number of carbonyl (C=O) groups excluding carboxylic acids is 1. The smallest absolute Gasteiger partial charge is 0.153 e. The van der Waals surface area contributed by atoms with Crippen molar-refractivity contribution >= 4 is 17.5 Å². The van der Waals surface area contributed by atoms with E-state index in [2.05, 4.69) is 5.32 Å². The Hall–Kier alpha value is -0.100. The van der Waals surface area contributed by atoms with Crippen molar-refractivity contribution in [3.63, 3.8) is 0 Å². The zero-order chi connectivity index (χ0) is 13.3. The molecule has 0 radical (unpaired) electrons. The highest BCUT2D eigenvalue weighted by atomic mass is 32.2. The number of carbonyl (C=O) groups is 1. The zero-order valence-corrected chi connectivity index (χ0v) is 12.3. The van der Waals surface area contributed by atoms with E-state index in [0.717, 1.165) is 44.6 Å². The van der Waals surface area contributed by atoms with Gasteiger partial charge in [-0.15, -0.1) is 0 Å². The molecule has 19 heavy (non-hydrogen) atoms. The monoisotopic (exact) mass is 285 g/mol. The molecule has 0 saturated carbocycles. The van der Waals surface area contributed by atoms with E-state index in [1.54, 1.807) is 7.11 Å². The van der Waals surface area contributed by atoms with Crippen molar-refractivity contribution in [3.8, 4) is 0 Å². The predicted octanol–water partition coefficient (Wildman–Crippen LogP) is 1.23. The lowest BCUT2D eigenvalue weighted by Gasteiger charge is -2.37. The van der Waals surface area contributed by atoms with E-state index in [4.69, 9.17) is 9.47 Å². The Bertz CT molecular complexity index is 344. The zero-order valence-electron chi connectivity index (χ0n) is 11.5. The molecule has 4 unspecified atom stereocenters. The summed E-state index contributed by atoms with van der Waals surface area (Å²) in [7, 11) is 1.72. The van der Waals surface area contributed by atoms with Crippen LogP contribution in [-0.2, 0) is 14.3 Å². The van der Waals surface area contributed by atoms with Crippen molar-refractivity contribution < 1.29 is 14.3 Å². The summed E-state index contributed by atoms with van der Waals surface area (Å²) in [6.45, 7) is 1.55. The first kappa shape index (κ1) is 13.9. The van der Waals surface area contributed by atoms with Crippen LogP contribution in [0.15, 0.2) is 0 Å². The minimum Gasteiger partial charge on any atom is -0.380 e. The fraction of sp³-hybridized carbons (Fsp3) is 0.929. The molecule has 3 aliphatic heterocycles. The fourth-order valence-electron chi connectivity index (χ4n) is 3.52. The largest absolute Gasteiger partial charge is 0.380 e. The Morgan fingerprint density at radius 1 is 1.53 bits per heavy atom. The second-order valence-corrected chi connectivity index (χ2v) is 7.09. The number of Topliss-reactive ketones (excluding diaryl/α,β-unsaturated/α-hetero) is 1. The first-order chi connectivity index (χ1) is 9.22. The predicted molar refractivity (Wildman–Crippen MR) is 75.6 cm³/mol. The van der Waals surface area contributed by atoms with Gasteiger partial charge in [-0.25, -0.2) is 0 Å². The van der Waals surface area contributed by atoms with Gasteiger partial charge in [-0.2, -0.15) is 11.8 Å². The van der Waals surface area contributed by atoms with E-state index in [0.29, 0.717) is 5.78 Å². The molecule has 0 bridgehead atoms. The molecule has 1 N–H and O–H groups in total. The summed E-state index contributed by atoms with van der Waals surface area (Å²) < 4.78 is 11.3. The number of thioether (sulfide) groups is 1. The molecule has 3 heterocycles. The number of hydrogen-bond donors (Lipinski definition) is 1. The molecule has 4 nitrogen and oxygen atoms in total. The van der Waals surface area contributed by atoms with Gasteiger partial charge in [-0.3, -0.25) is 4.79 Å². The SMILES string of the molecule is COC1CNC(C(=O)C2CCOC3(CCSC3)C2)C1. The highest BCUT2D eigenvalue weighted by Gasteiger charge is 2.44. The fourth-order valence-corrected chi connectivity index (χ4v) is 4.90. The Labute approximate surface area is 119 Å². The number of ketones is 1. The molecule has 1 spiro atoms. The van der Waals surface area contributed by atoms with Crippen LogP contribution in [0.1, 0.15) is 25.7 Å². The van der Waals surface area contributed by atoms with Gasteiger partial charge in [0.05, 0.1) is 17.7 Å². The Kier molecular flexibility index (Phi) is 4.17. The second kappa shape index (κ2) is 5.72. The van der Waals surface area contributed by atoms with Gasteiger partial charge in [0.1, 0.15) is 0 Å². The minimum absolute atomic E-state index is 0.000781. The van der Waals surface area contributed by atoms with Crippen LogP contribution in [0.25, 0.3) is 0 Å². The average Bonchev–Trinajstić information content (AvgIpc) is 3.07. The molecule has 0 amide bonds. The molecule has 3 fully saturated rings. The summed E-state index contributed by atoms with van der Waals surface area (Å²) in [5.41, 5.74) is 0.00249. The van der Waals surface area contributed by atoms with E-state index in [9.17, 15) is 4.79 Å². The summed E-state index contributed by atoms with van der Waals surface area (Å²) in [5, 5.41) is 3.31. The first-order valence-corrected chi connectivity index (χ1v) is 8.39. The standard InChI is InChI=1S/C14H23NO3S/c1-17-11-6-12(15-8-11)13(16)10-2-4-18-14(7-10)3-5-19-9-14/h10-12,15H,2-9H2,1H3.